The van der Waals surface area contributed by atoms with Gasteiger partial charge in [-0.3, -0.25) is 9.59 Å². The molecule has 0 bridgehead atoms. The molecule has 0 saturated heterocycles. The van der Waals surface area contributed by atoms with E-state index in [0.717, 1.165) is 17.0 Å². The lowest BCUT2D eigenvalue weighted by Crippen LogP contribution is -2.34. The van der Waals surface area contributed by atoms with Crippen molar-refractivity contribution in [1.29, 1.82) is 5.41 Å². The highest BCUT2D eigenvalue weighted by Gasteiger charge is 2.27. The van der Waals surface area contributed by atoms with Gasteiger partial charge in [-0.25, -0.2) is 13.6 Å². The molecule has 178 valence electrons. The second-order valence-corrected chi connectivity index (χ2v) is 7.63. The van der Waals surface area contributed by atoms with Crippen LogP contribution in [0.3, 0.4) is 0 Å². The number of aromatic carboxylic acids is 1. The number of alkyl halides is 1. The van der Waals surface area contributed by atoms with E-state index in [1.165, 1.54) is 19.1 Å². The van der Waals surface area contributed by atoms with E-state index in [2.05, 4.69) is 5.32 Å². The fraction of sp³-hybridized carbons (Fsp3) is 0.250. The summed E-state index contributed by atoms with van der Waals surface area (Å²) >= 11 is 0. The molecule has 8 nitrogen and oxygen atoms in total. The van der Waals surface area contributed by atoms with Gasteiger partial charge in [0.1, 0.15) is 24.2 Å². The Bertz CT molecular complexity index is 1220. The monoisotopic (exact) mass is 471 g/mol. The number of nitrogens with one attached hydrogen (secondary N) is 2. The number of carbonyl (C=O) groups excluding carboxylic acids is 1. The van der Waals surface area contributed by atoms with Gasteiger partial charge < -0.3 is 25.1 Å². The number of pyridine rings is 1. The van der Waals surface area contributed by atoms with E-state index in [-0.39, 0.29) is 25.3 Å². The molecule has 3 rings (SSSR count). The Balaban J connectivity index is 1.95. The Labute approximate surface area is 193 Å². The Hall–Kier alpha value is -4.08. The smallest absolute Gasteiger partial charge is 0.356 e. The molecule has 0 saturated carbocycles. The second-order valence-electron chi connectivity index (χ2n) is 7.63. The van der Waals surface area contributed by atoms with Crippen molar-refractivity contribution in [3.63, 3.8) is 0 Å². The topological polar surface area (TPSA) is 121 Å². The van der Waals surface area contributed by atoms with Crippen molar-refractivity contribution in [2.24, 2.45) is 5.92 Å². The maximum absolute atomic E-state index is 14.3. The molecular weight excluding hydrogens is 448 g/mol. The van der Waals surface area contributed by atoms with Crippen molar-refractivity contribution in [3.8, 4) is 5.75 Å². The Kier molecular flexibility index (Phi) is 7.72. The Morgan fingerprint density at radius 3 is 2.65 bits per heavy atom. The number of amides is 1. The zero-order chi connectivity index (χ0) is 24.8. The molecule has 1 aromatic carbocycles. The van der Waals surface area contributed by atoms with Gasteiger partial charge in [0.2, 0.25) is 5.43 Å². The molecule has 10 heteroatoms. The summed E-state index contributed by atoms with van der Waals surface area (Å²) < 4.78 is 34.5. The van der Waals surface area contributed by atoms with Crippen LogP contribution in [0, 0.1) is 11.3 Å². The van der Waals surface area contributed by atoms with E-state index in [9.17, 15) is 28.3 Å². The third-order valence-corrected chi connectivity index (χ3v) is 5.30. The van der Waals surface area contributed by atoms with Crippen LogP contribution < -0.4 is 15.5 Å². The largest absolute Gasteiger partial charge is 0.482 e. The number of carbonyl (C=O) groups is 2. The lowest BCUT2D eigenvalue weighted by Gasteiger charge is -2.20. The van der Waals surface area contributed by atoms with Gasteiger partial charge in [-0.2, -0.15) is 0 Å². The number of aromatic nitrogens is 1. The maximum atomic E-state index is 14.3. The molecule has 1 aliphatic rings. The Morgan fingerprint density at radius 1 is 1.29 bits per heavy atom. The molecule has 34 heavy (non-hydrogen) atoms. The Morgan fingerprint density at radius 2 is 2.00 bits per heavy atom. The molecule has 1 aromatic heterocycles. The lowest BCUT2D eigenvalue weighted by atomic mass is 9.94. The number of hydrogen-bond acceptors (Lipinski definition) is 5. The molecule has 1 amide bonds. The number of allylic oxidation sites excluding steroid dienone is 2. The van der Waals surface area contributed by atoms with Crippen molar-refractivity contribution in [2.75, 3.05) is 6.54 Å². The van der Waals surface area contributed by atoms with Crippen molar-refractivity contribution in [1.82, 2.24) is 9.88 Å². The van der Waals surface area contributed by atoms with Gasteiger partial charge in [-0.05, 0) is 11.6 Å². The van der Waals surface area contributed by atoms with Crippen LogP contribution in [0.2, 0.25) is 0 Å². The summed E-state index contributed by atoms with van der Waals surface area (Å²) in [5, 5.41) is 19.4. The van der Waals surface area contributed by atoms with E-state index in [0.29, 0.717) is 5.56 Å². The van der Waals surface area contributed by atoms with E-state index >= 15 is 0 Å². The molecule has 0 aliphatic heterocycles. The van der Waals surface area contributed by atoms with Crippen molar-refractivity contribution >= 4 is 18.1 Å². The summed E-state index contributed by atoms with van der Waals surface area (Å²) in [7, 11) is 0. The predicted octanol–water partition coefficient (Wildman–Crippen LogP) is 3.27. The predicted molar refractivity (Wildman–Crippen MR) is 121 cm³/mol. The summed E-state index contributed by atoms with van der Waals surface area (Å²) in [5.41, 5.74) is -1.17. The maximum Gasteiger partial charge on any atom is 0.356 e. The summed E-state index contributed by atoms with van der Waals surface area (Å²) in [5.74, 6) is -4.61. The summed E-state index contributed by atoms with van der Waals surface area (Å²) in [6.45, 7) is 0.713. The fourth-order valence-corrected chi connectivity index (χ4v) is 3.43. The van der Waals surface area contributed by atoms with E-state index in [4.69, 9.17) is 10.1 Å². The number of ether oxygens (including phenoxy) is 1. The van der Waals surface area contributed by atoms with Gasteiger partial charge in [0.05, 0.1) is 6.54 Å². The highest BCUT2D eigenvalue weighted by atomic mass is 19.1. The minimum atomic E-state index is -1.47. The van der Waals surface area contributed by atoms with Gasteiger partial charge in [0, 0.05) is 30.4 Å². The number of nitrogens with zero attached hydrogens (tertiary/aromatic N) is 1. The lowest BCUT2D eigenvalue weighted by molar-refractivity contribution is 0.0677. The van der Waals surface area contributed by atoms with Gasteiger partial charge in [-0.1, -0.05) is 43.3 Å². The van der Waals surface area contributed by atoms with Crippen LogP contribution in [0.25, 0.3) is 0 Å². The van der Waals surface area contributed by atoms with E-state index in [1.54, 1.807) is 30.3 Å². The number of carboxylic acid groups (broad SMARTS) is 1. The first-order valence-electron chi connectivity index (χ1n) is 10.4. The third-order valence-electron chi connectivity index (χ3n) is 5.30. The average Bonchev–Trinajstić information content (AvgIpc) is 2.82. The fourth-order valence-electron chi connectivity index (χ4n) is 3.43. The SMILES string of the molecule is CC1C(F)=C(CNC(=O)c2cn(CC=N)c(C(=O)O)c(OCc3ccccc3)c2=O)C=CC1F. The van der Waals surface area contributed by atoms with E-state index < -0.39 is 52.2 Å². The minimum absolute atomic E-state index is 0.0669. The molecule has 2 aromatic rings. The average molecular weight is 471 g/mol. The van der Waals surface area contributed by atoms with Crippen LogP contribution >= 0.6 is 0 Å². The molecule has 0 radical (unpaired) electrons. The number of hydrogen-bond donors (Lipinski definition) is 3. The quantitative estimate of drug-likeness (QED) is 0.485. The molecule has 1 aliphatic carbocycles. The van der Waals surface area contributed by atoms with Gasteiger partial charge in [0.15, 0.2) is 11.4 Å². The summed E-state index contributed by atoms with van der Waals surface area (Å²) in [6, 6.07) is 8.70. The molecule has 0 spiro atoms. The van der Waals surface area contributed by atoms with Crippen molar-refractivity contribution in [3.05, 3.63) is 87.1 Å². The first-order valence-corrected chi connectivity index (χ1v) is 10.4. The molecule has 2 atom stereocenters. The second kappa shape index (κ2) is 10.7. The highest BCUT2D eigenvalue weighted by Crippen LogP contribution is 2.28. The van der Waals surface area contributed by atoms with Crippen molar-refractivity contribution < 1.29 is 28.2 Å². The molecular formula is C24H23F2N3O5. The van der Waals surface area contributed by atoms with Gasteiger partial charge in [0.25, 0.3) is 5.91 Å². The van der Waals surface area contributed by atoms with Crippen LogP contribution in [0.5, 0.6) is 5.75 Å². The number of rotatable bonds is 9. The van der Waals surface area contributed by atoms with Crippen molar-refractivity contribution in [2.45, 2.75) is 26.2 Å². The van der Waals surface area contributed by atoms with Gasteiger partial charge in [-0.15, -0.1) is 0 Å². The standard InChI is InChI=1S/C24H23F2N3O5/c1-14-18(25)8-7-16(19(14)26)11-28-23(31)17-12-29(10-9-27)20(24(32)33)22(21(17)30)34-13-15-5-3-2-4-6-15/h2-9,12,14,18,27H,10-11,13H2,1H3,(H,28,31)(H,32,33). The van der Waals surface area contributed by atoms with Gasteiger partial charge >= 0.3 is 5.97 Å². The van der Waals surface area contributed by atoms with Crippen LogP contribution in [-0.2, 0) is 13.2 Å². The molecule has 1 heterocycles. The zero-order valence-corrected chi connectivity index (χ0v) is 18.3. The van der Waals surface area contributed by atoms with Crippen LogP contribution in [0.4, 0.5) is 8.78 Å². The highest BCUT2D eigenvalue weighted by molar-refractivity contribution is 5.96. The number of benzene rings is 1. The van der Waals surface area contributed by atoms with Crippen LogP contribution in [-0.4, -0.2) is 40.5 Å². The number of carboxylic acids is 1. The minimum Gasteiger partial charge on any atom is -0.482 e. The summed E-state index contributed by atoms with van der Waals surface area (Å²) in [6.07, 6.45) is 2.87. The molecule has 3 N–H and O–H groups in total. The molecule has 0 fully saturated rings. The normalized spacial score (nSPS) is 17.4. The first kappa shape index (κ1) is 24.6. The summed E-state index contributed by atoms with van der Waals surface area (Å²) in [4.78, 5) is 37.7. The first-order chi connectivity index (χ1) is 16.2. The van der Waals surface area contributed by atoms with Crippen LogP contribution in [0.1, 0.15) is 33.3 Å². The molecule has 2 unspecified atom stereocenters. The number of halogens is 2. The van der Waals surface area contributed by atoms with Crippen LogP contribution in [0.15, 0.2) is 64.9 Å². The zero-order valence-electron chi connectivity index (χ0n) is 18.3. The van der Waals surface area contributed by atoms with E-state index in [1.807, 2.05) is 0 Å². The third kappa shape index (κ3) is 5.28.